The summed E-state index contributed by atoms with van der Waals surface area (Å²) in [4.78, 5) is 2.40. The van der Waals surface area contributed by atoms with E-state index < -0.39 is 0 Å². The van der Waals surface area contributed by atoms with Crippen LogP contribution in [0.15, 0.2) is 54.6 Å². The number of benzene rings is 2. The van der Waals surface area contributed by atoms with Crippen LogP contribution in [0, 0.1) is 5.92 Å². The molecule has 5 heteroatoms. The molecule has 2 atom stereocenters. The number of rotatable bonds is 8. The fourth-order valence-corrected chi connectivity index (χ4v) is 3.52. The Labute approximate surface area is 156 Å². The number of nitrogens with zero attached hydrogens (tertiary/aromatic N) is 2. The van der Waals surface area contributed by atoms with Crippen molar-refractivity contribution in [2.45, 2.75) is 6.04 Å². The molecule has 3 rings (SSSR count). The van der Waals surface area contributed by atoms with Crippen LogP contribution in [0.25, 0.3) is 0 Å². The van der Waals surface area contributed by atoms with Crippen molar-refractivity contribution in [2.24, 2.45) is 5.92 Å². The summed E-state index contributed by atoms with van der Waals surface area (Å²) in [6.45, 7) is 4.21. The zero-order valence-corrected chi connectivity index (χ0v) is 16.0. The van der Waals surface area contributed by atoms with Gasteiger partial charge in [-0.3, -0.25) is 0 Å². The van der Waals surface area contributed by atoms with Crippen molar-refractivity contribution in [2.75, 3.05) is 47.3 Å². The highest BCUT2D eigenvalue weighted by Crippen LogP contribution is 2.30. The van der Waals surface area contributed by atoms with E-state index in [4.69, 9.17) is 4.74 Å². The topological polar surface area (TPSA) is 39.8 Å². The molecule has 1 heterocycles. The van der Waals surface area contributed by atoms with Crippen LogP contribution < -0.4 is 15.5 Å². The van der Waals surface area contributed by atoms with Gasteiger partial charge in [-0.2, -0.15) is 0 Å². The van der Waals surface area contributed by atoms with Gasteiger partial charge in [-0.15, -0.1) is 0 Å². The Morgan fingerprint density at radius 2 is 1.81 bits per heavy atom. The van der Waals surface area contributed by atoms with Crippen LogP contribution >= 0.6 is 0 Å². The molecule has 2 unspecified atom stereocenters. The van der Waals surface area contributed by atoms with E-state index in [0.717, 1.165) is 37.7 Å². The van der Waals surface area contributed by atoms with E-state index in [1.54, 1.807) is 0 Å². The van der Waals surface area contributed by atoms with Crippen molar-refractivity contribution in [3.8, 4) is 11.5 Å². The summed E-state index contributed by atoms with van der Waals surface area (Å²) < 4.78 is 5.91. The number of nitrogens with one attached hydrogen (secondary N) is 2. The summed E-state index contributed by atoms with van der Waals surface area (Å²) in [6, 6.07) is 18.7. The van der Waals surface area contributed by atoms with Crippen LogP contribution in [0.5, 0.6) is 11.5 Å². The SMILES string of the molecule is CNCCN(C)CC1CN(C)NC1c1ccc(Oc2ccccc2)cc1. The van der Waals surface area contributed by atoms with Gasteiger partial charge in [0.1, 0.15) is 11.5 Å². The quantitative estimate of drug-likeness (QED) is 0.763. The maximum absolute atomic E-state index is 5.91. The lowest BCUT2D eigenvalue weighted by Crippen LogP contribution is -2.34. The number of hydrazine groups is 1. The lowest BCUT2D eigenvalue weighted by atomic mass is 9.94. The average Bonchev–Trinajstić information content (AvgIpc) is 3.01. The molecule has 140 valence electrons. The van der Waals surface area contributed by atoms with Gasteiger partial charge < -0.3 is 15.0 Å². The zero-order chi connectivity index (χ0) is 18.4. The molecule has 2 N–H and O–H groups in total. The number of hydrogen-bond acceptors (Lipinski definition) is 5. The van der Waals surface area contributed by atoms with E-state index in [2.05, 4.69) is 59.0 Å². The van der Waals surface area contributed by atoms with E-state index in [0.29, 0.717) is 12.0 Å². The average molecular weight is 354 g/mol. The second-order valence-electron chi connectivity index (χ2n) is 7.10. The van der Waals surface area contributed by atoms with E-state index in [1.807, 2.05) is 37.4 Å². The molecule has 1 saturated heterocycles. The second kappa shape index (κ2) is 9.14. The number of ether oxygens (including phenoxy) is 1. The molecule has 0 bridgehead atoms. The molecule has 2 aromatic carbocycles. The zero-order valence-electron chi connectivity index (χ0n) is 16.0. The first-order valence-corrected chi connectivity index (χ1v) is 9.29. The fraction of sp³-hybridized carbons (Fsp3) is 0.429. The Morgan fingerprint density at radius 1 is 1.12 bits per heavy atom. The van der Waals surface area contributed by atoms with Gasteiger partial charge in [-0.1, -0.05) is 30.3 Å². The minimum absolute atomic E-state index is 0.336. The third-order valence-electron chi connectivity index (χ3n) is 4.85. The summed E-state index contributed by atoms with van der Waals surface area (Å²) in [5, 5.41) is 5.42. The van der Waals surface area contributed by atoms with Crippen molar-refractivity contribution in [1.82, 2.24) is 20.7 Å². The first-order chi connectivity index (χ1) is 12.7. The molecule has 0 aliphatic carbocycles. The van der Waals surface area contributed by atoms with Crippen LogP contribution in [-0.2, 0) is 0 Å². The van der Waals surface area contributed by atoms with Gasteiger partial charge >= 0.3 is 0 Å². The molecule has 1 fully saturated rings. The predicted octanol–water partition coefficient (Wildman–Crippen LogP) is 2.74. The maximum atomic E-state index is 5.91. The monoisotopic (exact) mass is 354 g/mol. The molecule has 1 aliphatic heterocycles. The van der Waals surface area contributed by atoms with Crippen LogP contribution in [0.1, 0.15) is 11.6 Å². The number of para-hydroxylation sites is 1. The lowest BCUT2D eigenvalue weighted by molar-refractivity contribution is 0.267. The molecule has 26 heavy (non-hydrogen) atoms. The Balaban J connectivity index is 1.64. The normalized spacial score (nSPS) is 20.6. The number of likely N-dealkylation sites (N-methyl/N-ethyl adjacent to an activating group) is 2. The Bertz CT molecular complexity index is 661. The molecular formula is C21H30N4O. The first kappa shape index (κ1) is 18.9. The van der Waals surface area contributed by atoms with Crippen molar-refractivity contribution < 1.29 is 4.74 Å². The van der Waals surface area contributed by atoms with Gasteiger partial charge in [-0.25, -0.2) is 10.4 Å². The minimum Gasteiger partial charge on any atom is -0.457 e. The highest BCUT2D eigenvalue weighted by atomic mass is 16.5. The molecule has 0 spiro atoms. The minimum atomic E-state index is 0.336. The molecule has 2 aromatic rings. The van der Waals surface area contributed by atoms with Crippen LogP contribution in [0.2, 0.25) is 0 Å². The summed E-state index contributed by atoms with van der Waals surface area (Å²) in [5.41, 5.74) is 4.91. The first-order valence-electron chi connectivity index (χ1n) is 9.29. The van der Waals surface area contributed by atoms with E-state index in [9.17, 15) is 0 Å². The second-order valence-corrected chi connectivity index (χ2v) is 7.10. The lowest BCUT2D eigenvalue weighted by Gasteiger charge is -2.24. The smallest absolute Gasteiger partial charge is 0.127 e. The van der Waals surface area contributed by atoms with Gasteiger partial charge in [0, 0.05) is 39.1 Å². The Morgan fingerprint density at radius 3 is 2.50 bits per heavy atom. The van der Waals surface area contributed by atoms with Crippen molar-refractivity contribution in [3.05, 3.63) is 60.2 Å². The predicted molar refractivity (Wildman–Crippen MR) is 106 cm³/mol. The fourth-order valence-electron chi connectivity index (χ4n) is 3.52. The van der Waals surface area contributed by atoms with E-state index in [-0.39, 0.29) is 0 Å². The maximum Gasteiger partial charge on any atom is 0.127 e. The Hall–Kier alpha value is -1.92. The third-order valence-corrected chi connectivity index (χ3v) is 4.85. The van der Waals surface area contributed by atoms with Crippen molar-refractivity contribution >= 4 is 0 Å². The van der Waals surface area contributed by atoms with Gasteiger partial charge in [0.05, 0.1) is 6.04 Å². The summed E-state index contributed by atoms with van der Waals surface area (Å²) in [7, 11) is 6.32. The Kier molecular flexibility index (Phi) is 6.63. The highest BCUT2D eigenvalue weighted by molar-refractivity contribution is 5.34. The van der Waals surface area contributed by atoms with Gasteiger partial charge in [0.2, 0.25) is 0 Å². The largest absolute Gasteiger partial charge is 0.457 e. The van der Waals surface area contributed by atoms with Crippen molar-refractivity contribution in [1.29, 1.82) is 0 Å². The van der Waals surface area contributed by atoms with Gasteiger partial charge in [-0.05, 0) is 43.9 Å². The van der Waals surface area contributed by atoms with Crippen molar-refractivity contribution in [3.63, 3.8) is 0 Å². The number of hydrogen-bond donors (Lipinski definition) is 2. The van der Waals surface area contributed by atoms with Gasteiger partial charge in [0.15, 0.2) is 0 Å². The van der Waals surface area contributed by atoms with Gasteiger partial charge in [0.25, 0.3) is 0 Å². The summed E-state index contributed by atoms with van der Waals surface area (Å²) >= 11 is 0. The highest BCUT2D eigenvalue weighted by Gasteiger charge is 2.32. The van der Waals surface area contributed by atoms with Crippen LogP contribution in [0.4, 0.5) is 0 Å². The molecular weight excluding hydrogens is 324 g/mol. The molecule has 1 aliphatic rings. The molecule has 0 radical (unpaired) electrons. The molecule has 0 saturated carbocycles. The van der Waals surface area contributed by atoms with E-state index >= 15 is 0 Å². The van der Waals surface area contributed by atoms with E-state index in [1.165, 1.54) is 5.56 Å². The van der Waals surface area contributed by atoms with Crippen LogP contribution in [0.3, 0.4) is 0 Å². The van der Waals surface area contributed by atoms with Crippen LogP contribution in [-0.4, -0.2) is 57.2 Å². The summed E-state index contributed by atoms with van der Waals surface area (Å²) in [5.74, 6) is 2.29. The summed E-state index contributed by atoms with van der Waals surface area (Å²) in [6.07, 6.45) is 0. The molecule has 0 aromatic heterocycles. The standard InChI is InChI=1S/C21H30N4O/c1-22-13-14-24(2)15-18-16-25(3)23-21(18)17-9-11-20(12-10-17)26-19-7-5-4-6-8-19/h4-12,18,21-23H,13-16H2,1-3H3. The molecule has 0 amide bonds. The third kappa shape index (κ3) is 5.05. The molecule has 5 nitrogen and oxygen atoms in total.